The number of carbonyl (C=O) groups is 9. The third-order valence-corrected chi connectivity index (χ3v) is 14.4. The maximum Gasteiger partial charge on any atom is 0.317 e. The quantitative estimate of drug-likeness (QED) is 0.0472. The van der Waals surface area contributed by atoms with Gasteiger partial charge >= 0.3 is 53.7 Å². The van der Waals surface area contributed by atoms with E-state index in [2.05, 4.69) is 14.7 Å². The molecule has 30 heteroatoms. The van der Waals surface area contributed by atoms with Crippen LogP contribution in [0.4, 0.5) is 0 Å². The fourth-order valence-corrected chi connectivity index (χ4v) is 10.2. The van der Waals surface area contributed by atoms with Crippen molar-refractivity contribution in [2.45, 2.75) is 19.6 Å². The molecule has 0 atom stereocenters. The zero-order valence-corrected chi connectivity index (χ0v) is 46.3. The van der Waals surface area contributed by atoms with Crippen molar-refractivity contribution < 1.29 is 89.1 Å². The van der Waals surface area contributed by atoms with Crippen molar-refractivity contribution in [2.24, 2.45) is 0 Å². The molecule has 3 saturated heterocycles. The number of rotatable bonds is 24. The number of carboxylic acids is 9. The number of nitrogens with zero attached hydrogens (tertiary/aromatic N) is 12. The normalized spacial score (nSPS) is 20.3. The molecule has 9 N–H and O–H groups in total. The van der Waals surface area contributed by atoms with Gasteiger partial charge in [-0.1, -0.05) is 18.2 Å². The van der Waals surface area contributed by atoms with Gasteiger partial charge in [0.1, 0.15) is 0 Å². The van der Waals surface area contributed by atoms with E-state index >= 15 is 0 Å². The van der Waals surface area contributed by atoms with Crippen LogP contribution in [0.1, 0.15) is 16.7 Å². The smallest absolute Gasteiger partial charge is 0.317 e. The van der Waals surface area contributed by atoms with Gasteiger partial charge in [-0.15, -0.1) is 0 Å². The van der Waals surface area contributed by atoms with E-state index in [-0.39, 0.29) is 177 Å². The first-order valence-corrected chi connectivity index (χ1v) is 27.2. The summed E-state index contributed by atoms with van der Waals surface area (Å²) in [6.07, 6.45) is 0. The molecule has 3 fully saturated rings. The number of carboxylic acid groups (broad SMARTS) is 9. The van der Waals surface area contributed by atoms with Crippen LogP contribution in [0.25, 0.3) is 0 Å². The fourth-order valence-electron chi connectivity index (χ4n) is 10.2. The van der Waals surface area contributed by atoms with E-state index in [1.54, 1.807) is 44.1 Å². The lowest BCUT2D eigenvalue weighted by atomic mass is 10.0. The molecule has 0 unspecified atom stereocenters. The molecule has 4 rings (SSSR count). The van der Waals surface area contributed by atoms with Gasteiger partial charge in [-0.3, -0.25) is 102 Å². The molecule has 3 aliphatic rings. The van der Waals surface area contributed by atoms with Gasteiger partial charge in [-0.05, 0) is 16.7 Å². The van der Waals surface area contributed by atoms with E-state index in [0.29, 0.717) is 58.9 Å². The summed E-state index contributed by atoms with van der Waals surface area (Å²) in [4.78, 5) is 130. The summed E-state index contributed by atoms with van der Waals surface area (Å²) in [6, 6.07) is 6.04. The van der Waals surface area contributed by atoms with Crippen molar-refractivity contribution in [3.63, 3.8) is 0 Å². The molecule has 0 amide bonds. The van der Waals surface area contributed by atoms with Crippen molar-refractivity contribution in [2.75, 3.05) is 216 Å². The van der Waals surface area contributed by atoms with Gasteiger partial charge in [0.25, 0.3) is 0 Å². The van der Waals surface area contributed by atoms with Crippen LogP contribution in [0.3, 0.4) is 0 Å². The minimum absolute atomic E-state index is 0.218. The molecule has 0 aromatic heterocycles. The lowest BCUT2D eigenvalue weighted by Gasteiger charge is -2.34. The first-order valence-electron chi connectivity index (χ1n) is 27.2. The molecule has 1 aromatic carbocycles. The lowest BCUT2D eigenvalue weighted by Crippen LogP contribution is -2.48. The van der Waals surface area contributed by atoms with Crippen LogP contribution in [0.15, 0.2) is 18.2 Å². The number of benzene rings is 1. The Balaban J connectivity index is 1.79. The topological polar surface area (TPSA) is 375 Å². The van der Waals surface area contributed by atoms with E-state index in [9.17, 15) is 89.1 Å². The highest BCUT2D eigenvalue weighted by molar-refractivity contribution is 5.72. The Morgan fingerprint density at radius 2 is 0.309 bits per heavy atom. The Bertz CT molecular complexity index is 1890. The summed E-state index contributed by atoms with van der Waals surface area (Å²) < 4.78 is 0. The molecule has 30 nitrogen and oxygen atoms in total. The van der Waals surface area contributed by atoms with Crippen LogP contribution in [0.5, 0.6) is 0 Å². The molecule has 81 heavy (non-hydrogen) atoms. The molecule has 0 aliphatic carbocycles. The van der Waals surface area contributed by atoms with Crippen molar-refractivity contribution in [3.05, 3.63) is 34.9 Å². The van der Waals surface area contributed by atoms with Crippen LogP contribution in [0.2, 0.25) is 0 Å². The van der Waals surface area contributed by atoms with E-state index in [0.717, 1.165) is 16.7 Å². The van der Waals surface area contributed by atoms with Crippen molar-refractivity contribution in [1.82, 2.24) is 58.8 Å². The van der Waals surface area contributed by atoms with E-state index in [1.165, 1.54) is 0 Å². The van der Waals surface area contributed by atoms with Gasteiger partial charge in [-0.25, -0.2) is 0 Å². The minimum Gasteiger partial charge on any atom is -0.480 e. The molecule has 3 heterocycles. The van der Waals surface area contributed by atoms with Gasteiger partial charge in [-0.2, -0.15) is 0 Å². The molecule has 3 aliphatic heterocycles. The van der Waals surface area contributed by atoms with Gasteiger partial charge in [0.15, 0.2) is 0 Å². The van der Waals surface area contributed by atoms with E-state index < -0.39 is 53.7 Å². The Morgan fingerprint density at radius 3 is 0.407 bits per heavy atom. The molecule has 0 bridgehead atoms. The van der Waals surface area contributed by atoms with Crippen LogP contribution in [0, 0.1) is 0 Å². The first kappa shape index (κ1) is 67.5. The van der Waals surface area contributed by atoms with Crippen LogP contribution < -0.4 is 0 Å². The molecular weight excluding hydrogens is 1070 g/mol. The maximum absolute atomic E-state index is 12.1. The minimum atomic E-state index is -1.08. The molecule has 0 saturated carbocycles. The summed E-state index contributed by atoms with van der Waals surface area (Å²) in [5, 5.41) is 88.3. The summed E-state index contributed by atoms with van der Waals surface area (Å²) in [7, 11) is 0. The Labute approximate surface area is 471 Å². The highest BCUT2D eigenvalue weighted by Gasteiger charge is 2.25. The second-order valence-corrected chi connectivity index (χ2v) is 21.0. The van der Waals surface area contributed by atoms with Crippen LogP contribution >= 0.6 is 0 Å². The SMILES string of the molecule is O=C(O)CN1CCN(CC(=O)O)CCN(Cc2cc(CN3CCN(CC(=O)O)CCN(CC(=O)O)CCN(CC(=O)O)CC3)cc(CN3CCN(CC(=O)O)CCN(CC(=O)O)CCN(CC(=O)O)CC3)c2)CCN(CC(=O)O)CC1. The predicted molar refractivity (Wildman–Crippen MR) is 289 cm³/mol. The standard InChI is InChI=1S/C51H84N12O18/c64-43(65)31-55-7-1-52(2-8-56(32-44(66)67)14-20-61(19-13-55)37-49(76)77)28-40-25-41(29-53-3-9-57(33-45(68)69)15-21-62(38-50(78)79)22-16-58(10-4-53)34-46(70)71)27-42(26-40)30-54-5-11-59(35-47(72)73)17-23-63(39-51(80)81)24-18-60(12-6-54)36-48(74)75/h25-27H,1-24,28-39H2,(H,64,65)(H,66,67)(H,68,69)(H,70,71)(H,72,73)(H,74,75)(H,76,77)(H,78,79)(H,80,81). The summed E-state index contributed by atoms with van der Waals surface area (Å²) in [5.41, 5.74) is 2.45. The Kier molecular flexibility index (Phi) is 29.8. The van der Waals surface area contributed by atoms with Crippen molar-refractivity contribution >= 4 is 53.7 Å². The lowest BCUT2D eigenvalue weighted by molar-refractivity contribution is -0.140. The third kappa shape index (κ3) is 29.5. The second-order valence-electron chi connectivity index (χ2n) is 21.0. The van der Waals surface area contributed by atoms with Crippen LogP contribution in [-0.4, -0.2) is 374 Å². The van der Waals surface area contributed by atoms with Crippen LogP contribution in [-0.2, 0) is 62.8 Å². The van der Waals surface area contributed by atoms with Gasteiger partial charge in [0.2, 0.25) is 0 Å². The van der Waals surface area contributed by atoms with E-state index in [1.807, 2.05) is 18.2 Å². The Morgan fingerprint density at radius 1 is 0.210 bits per heavy atom. The summed E-state index contributed by atoms with van der Waals surface area (Å²) >= 11 is 0. The number of hydrogen-bond donors (Lipinski definition) is 9. The number of aliphatic carboxylic acids is 9. The third-order valence-electron chi connectivity index (χ3n) is 14.4. The molecule has 0 radical (unpaired) electrons. The largest absolute Gasteiger partial charge is 0.480 e. The molecule has 0 spiro atoms. The predicted octanol–water partition coefficient (Wildman–Crippen LogP) is -4.39. The average Bonchev–Trinajstić information content (AvgIpc) is 3.34. The average molecular weight is 1150 g/mol. The fraction of sp³-hybridized carbons (Fsp3) is 0.706. The molecular formula is C51H84N12O18. The van der Waals surface area contributed by atoms with E-state index in [4.69, 9.17) is 0 Å². The zero-order valence-electron chi connectivity index (χ0n) is 46.3. The maximum atomic E-state index is 12.1. The first-order chi connectivity index (χ1) is 38.4. The second kappa shape index (κ2) is 35.7. The molecule has 1 aromatic rings. The highest BCUT2D eigenvalue weighted by atomic mass is 16.4. The summed E-state index contributed by atoms with van der Waals surface area (Å²) in [6.45, 7) is 4.29. The van der Waals surface area contributed by atoms with Gasteiger partial charge in [0.05, 0.1) is 58.9 Å². The molecule has 456 valence electrons. The monoisotopic (exact) mass is 1150 g/mol. The number of hydrogen-bond acceptors (Lipinski definition) is 21. The Hall–Kier alpha value is -6.03. The zero-order chi connectivity index (χ0) is 59.4. The van der Waals surface area contributed by atoms with Crippen molar-refractivity contribution in [1.29, 1.82) is 0 Å². The van der Waals surface area contributed by atoms with Gasteiger partial charge in [0, 0.05) is 177 Å². The van der Waals surface area contributed by atoms with Gasteiger partial charge < -0.3 is 46.0 Å². The summed E-state index contributed by atoms with van der Waals surface area (Å²) in [5.74, 6) is -9.64. The highest BCUT2D eigenvalue weighted by Crippen LogP contribution is 2.19. The van der Waals surface area contributed by atoms with Crippen molar-refractivity contribution in [3.8, 4) is 0 Å².